The molecule has 0 rings (SSSR count). The summed E-state index contributed by atoms with van der Waals surface area (Å²) in [5, 5.41) is 3.12. The number of allylic oxidation sites excluding steroid dienone is 4. The van der Waals surface area contributed by atoms with Crippen LogP contribution in [0.1, 0.15) is 90.4 Å². The summed E-state index contributed by atoms with van der Waals surface area (Å²) >= 11 is 0. The number of unbranched alkanes of at least 4 members (excludes halogenated alkanes) is 8. The molecule has 0 saturated carbocycles. The van der Waals surface area contributed by atoms with Gasteiger partial charge in [-0.1, -0.05) is 37.6 Å². The van der Waals surface area contributed by atoms with E-state index in [1.165, 1.54) is 38.5 Å². The molecule has 0 bridgehead atoms. The Morgan fingerprint density at radius 2 is 1.40 bits per heavy atom. The molecule has 25 heavy (non-hydrogen) atoms. The average Bonchev–Trinajstić information content (AvgIpc) is 2.62. The van der Waals surface area contributed by atoms with Crippen molar-refractivity contribution in [1.82, 2.24) is 5.32 Å². The maximum Gasteiger partial charge on any atom is 0.305 e. The van der Waals surface area contributed by atoms with Crippen LogP contribution >= 0.6 is 0 Å². The van der Waals surface area contributed by atoms with Crippen molar-refractivity contribution in [2.24, 2.45) is 0 Å². The maximum absolute atomic E-state index is 11.6. The van der Waals surface area contributed by atoms with E-state index in [1.54, 1.807) is 0 Å². The normalized spacial score (nSPS) is 11.6. The van der Waals surface area contributed by atoms with Crippen molar-refractivity contribution in [3.05, 3.63) is 24.3 Å². The predicted molar refractivity (Wildman–Crippen MR) is 109 cm³/mol. The second-order valence-corrected chi connectivity index (χ2v) is 6.65. The summed E-state index contributed by atoms with van der Waals surface area (Å²) in [7, 11) is 1.96. The zero-order chi connectivity index (χ0) is 18.4. The minimum absolute atomic E-state index is 0.0336. The summed E-state index contributed by atoms with van der Waals surface area (Å²) in [5.41, 5.74) is 0. The molecule has 0 unspecified atom stereocenters. The minimum Gasteiger partial charge on any atom is -0.466 e. The summed E-state index contributed by atoms with van der Waals surface area (Å²) < 4.78 is 5.25. The molecule has 0 heterocycles. The van der Waals surface area contributed by atoms with Gasteiger partial charge >= 0.3 is 5.97 Å². The molecule has 0 aliphatic rings. The summed E-state index contributed by atoms with van der Waals surface area (Å²) in [6.07, 6.45) is 23.5. The molecular weight excluding hydrogens is 310 g/mol. The van der Waals surface area contributed by atoms with Crippen LogP contribution in [0.4, 0.5) is 0 Å². The van der Waals surface area contributed by atoms with Gasteiger partial charge in [0.05, 0.1) is 6.61 Å². The van der Waals surface area contributed by atoms with E-state index in [9.17, 15) is 4.79 Å². The standard InChI is InChI=1S/C22H41NO2/c1-3-4-5-6-7-8-9-10-11-12-13-14-16-19-22(24)25-21-18-15-17-20-23-2/h5-6,11-12,23H,3-4,7-10,13-21H2,1-2H3/b6-5-,12-11-. The molecule has 0 aliphatic carbocycles. The van der Waals surface area contributed by atoms with Gasteiger partial charge in [-0.25, -0.2) is 0 Å². The Balaban J connectivity index is 3.26. The van der Waals surface area contributed by atoms with Crippen LogP contribution < -0.4 is 5.32 Å². The lowest BCUT2D eigenvalue weighted by atomic mass is 10.1. The van der Waals surface area contributed by atoms with Crippen LogP contribution in [0.25, 0.3) is 0 Å². The van der Waals surface area contributed by atoms with Gasteiger partial charge in [-0.15, -0.1) is 0 Å². The fraction of sp³-hybridized carbons (Fsp3) is 0.773. The van der Waals surface area contributed by atoms with Gasteiger partial charge in [0.15, 0.2) is 0 Å². The molecule has 0 aromatic heterocycles. The van der Waals surface area contributed by atoms with Crippen molar-refractivity contribution in [2.75, 3.05) is 20.2 Å². The van der Waals surface area contributed by atoms with Crippen LogP contribution in [0.3, 0.4) is 0 Å². The Bertz CT molecular complexity index is 337. The van der Waals surface area contributed by atoms with Gasteiger partial charge in [0, 0.05) is 6.42 Å². The second kappa shape index (κ2) is 21.0. The number of carbonyl (C=O) groups is 1. The second-order valence-electron chi connectivity index (χ2n) is 6.65. The van der Waals surface area contributed by atoms with Gasteiger partial charge in [-0.05, 0) is 84.2 Å². The zero-order valence-electron chi connectivity index (χ0n) is 16.7. The topological polar surface area (TPSA) is 38.3 Å². The van der Waals surface area contributed by atoms with E-state index < -0.39 is 0 Å². The molecule has 3 nitrogen and oxygen atoms in total. The van der Waals surface area contributed by atoms with Crippen molar-refractivity contribution in [1.29, 1.82) is 0 Å². The van der Waals surface area contributed by atoms with Crippen LogP contribution in [0, 0.1) is 0 Å². The first-order valence-electron chi connectivity index (χ1n) is 10.4. The van der Waals surface area contributed by atoms with Gasteiger partial charge in [0.1, 0.15) is 0 Å². The van der Waals surface area contributed by atoms with E-state index in [4.69, 9.17) is 4.74 Å². The Labute approximate surface area is 156 Å². The van der Waals surface area contributed by atoms with E-state index in [-0.39, 0.29) is 5.97 Å². The van der Waals surface area contributed by atoms with E-state index in [0.717, 1.165) is 45.1 Å². The Kier molecular flexibility index (Phi) is 20.0. The monoisotopic (exact) mass is 351 g/mol. The van der Waals surface area contributed by atoms with Gasteiger partial charge < -0.3 is 10.1 Å². The van der Waals surface area contributed by atoms with Crippen molar-refractivity contribution in [3.63, 3.8) is 0 Å². The van der Waals surface area contributed by atoms with E-state index in [0.29, 0.717) is 13.0 Å². The average molecular weight is 352 g/mol. The molecule has 1 N–H and O–H groups in total. The van der Waals surface area contributed by atoms with Crippen LogP contribution in [0.15, 0.2) is 24.3 Å². The van der Waals surface area contributed by atoms with Crippen molar-refractivity contribution in [3.8, 4) is 0 Å². The smallest absolute Gasteiger partial charge is 0.305 e. The summed E-state index contributed by atoms with van der Waals surface area (Å²) in [4.78, 5) is 11.6. The Morgan fingerprint density at radius 1 is 0.800 bits per heavy atom. The summed E-state index contributed by atoms with van der Waals surface area (Å²) in [5.74, 6) is -0.0336. The number of esters is 1. The molecule has 0 spiro atoms. The largest absolute Gasteiger partial charge is 0.466 e. The Morgan fingerprint density at radius 3 is 2.00 bits per heavy atom. The number of ether oxygens (including phenoxy) is 1. The molecule has 0 atom stereocenters. The maximum atomic E-state index is 11.6. The van der Waals surface area contributed by atoms with Gasteiger partial charge in [-0.3, -0.25) is 4.79 Å². The highest BCUT2D eigenvalue weighted by molar-refractivity contribution is 5.69. The molecule has 0 fully saturated rings. The fourth-order valence-electron chi connectivity index (χ4n) is 2.53. The lowest BCUT2D eigenvalue weighted by Gasteiger charge is -2.04. The molecule has 0 amide bonds. The van der Waals surface area contributed by atoms with Crippen molar-refractivity contribution in [2.45, 2.75) is 90.4 Å². The van der Waals surface area contributed by atoms with Crippen LogP contribution in [-0.4, -0.2) is 26.2 Å². The molecule has 0 aliphatic heterocycles. The van der Waals surface area contributed by atoms with Crippen LogP contribution in [0.5, 0.6) is 0 Å². The molecule has 0 aromatic carbocycles. The van der Waals surface area contributed by atoms with E-state index >= 15 is 0 Å². The van der Waals surface area contributed by atoms with E-state index in [1.807, 2.05) is 7.05 Å². The first kappa shape index (κ1) is 23.9. The number of rotatable bonds is 18. The molecule has 3 heteroatoms. The van der Waals surface area contributed by atoms with Gasteiger partial charge in [0.2, 0.25) is 0 Å². The fourth-order valence-corrected chi connectivity index (χ4v) is 2.53. The molecule has 0 radical (unpaired) electrons. The molecule has 146 valence electrons. The lowest BCUT2D eigenvalue weighted by molar-refractivity contribution is -0.143. The van der Waals surface area contributed by atoms with E-state index in [2.05, 4.69) is 36.5 Å². The quantitative estimate of drug-likeness (QED) is 0.188. The highest BCUT2D eigenvalue weighted by Crippen LogP contribution is 2.06. The SMILES string of the molecule is CCC/C=C\CCCC/C=C\CCCCC(=O)OCCCCCNC. The van der Waals surface area contributed by atoms with Gasteiger partial charge in [-0.2, -0.15) is 0 Å². The zero-order valence-corrected chi connectivity index (χ0v) is 16.7. The number of hydrogen-bond acceptors (Lipinski definition) is 3. The minimum atomic E-state index is -0.0336. The first-order chi connectivity index (χ1) is 12.3. The van der Waals surface area contributed by atoms with Crippen molar-refractivity contribution < 1.29 is 9.53 Å². The first-order valence-corrected chi connectivity index (χ1v) is 10.4. The third-order valence-corrected chi connectivity index (χ3v) is 4.12. The summed E-state index contributed by atoms with van der Waals surface area (Å²) in [6.45, 7) is 3.83. The third kappa shape index (κ3) is 20.9. The Hall–Kier alpha value is -1.09. The summed E-state index contributed by atoms with van der Waals surface area (Å²) in [6, 6.07) is 0. The number of nitrogens with one attached hydrogen (secondary N) is 1. The lowest BCUT2D eigenvalue weighted by Crippen LogP contribution is -2.09. The van der Waals surface area contributed by atoms with Gasteiger partial charge in [0.25, 0.3) is 0 Å². The highest BCUT2D eigenvalue weighted by atomic mass is 16.5. The number of hydrogen-bond donors (Lipinski definition) is 1. The highest BCUT2D eigenvalue weighted by Gasteiger charge is 2.01. The third-order valence-electron chi connectivity index (χ3n) is 4.12. The molecule has 0 saturated heterocycles. The molecular formula is C22H41NO2. The van der Waals surface area contributed by atoms with Crippen LogP contribution in [0.2, 0.25) is 0 Å². The van der Waals surface area contributed by atoms with Crippen molar-refractivity contribution >= 4 is 5.97 Å². The van der Waals surface area contributed by atoms with Crippen LogP contribution in [-0.2, 0) is 9.53 Å². The number of carbonyl (C=O) groups excluding carboxylic acids is 1. The predicted octanol–water partition coefficient (Wildman–Crippen LogP) is 5.95. The molecule has 0 aromatic rings.